The van der Waals surface area contributed by atoms with Crippen molar-refractivity contribution in [3.63, 3.8) is 0 Å². The number of methoxy groups -OCH3 is 1. The average molecular weight is 599 g/mol. The lowest BCUT2D eigenvalue weighted by Gasteiger charge is -2.14. The van der Waals surface area contributed by atoms with Crippen molar-refractivity contribution in [2.75, 3.05) is 7.11 Å². The van der Waals surface area contributed by atoms with Gasteiger partial charge in [-0.05, 0) is 66.1 Å². The molecule has 4 aromatic rings. The molecule has 0 unspecified atom stereocenters. The van der Waals surface area contributed by atoms with E-state index in [2.05, 4.69) is 43.9 Å². The largest absolute Gasteiger partial charge is 0.493 e. The quantitative estimate of drug-likeness (QED) is 0.207. The molecule has 6 nitrogen and oxygen atoms in total. The number of hydrogen-bond donors (Lipinski definition) is 0. The highest BCUT2D eigenvalue weighted by Gasteiger charge is 2.16. The monoisotopic (exact) mass is 597 g/mol. The zero-order valence-electron chi connectivity index (χ0n) is 19.7. The van der Waals surface area contributed by atoms with E-state index in [4.69, 9.17) is 14.5 Å². The standard InChI is InChI=1S/C27H25Br2N3O3/c1-4-17(2)26-31-23-11-10-21(29)14-22(23)27(33)32(26)30-15-19-7-12-24(25(13-19)34-3)35-16-18-5-8-20(28)9-6-18/h5-15,17H,4,16H2,1-3H3/t17-/m1/s1. The van der Waals surface area contributed by atoms with E-state index < -0.39 is 0 Å². The van der Waals surface area contributed by atoms with Gasteiger partial charge in [-0.15, -0.1) is 0 Å². The van der Waals surface area contributed by atoms with Gasteiger partial charge in [0.2, 0.25) is 0 Å². The summed E-state index contributed by atoms with van der Waals surface area (Å²) in [6, 6.07) is 19.0. The van der Waals surface area contributed by atoms with Crippen LogP contribution in [-0.2, 0) is 6.61 Å². The van der Waals surface area contributed by atoms with Crippen LogP contribution < -0.4 is 15.0 Å². The third-order valence-corrected chi connectivity index (χ3v) is 6.73. The van der Waals surface area contributed by atoms with Crippen molar-refractivity contribution >= 4 is 49.0 Å². The maximum atomic E-state index is 13.3. The lowest BCUT2D eigenvalue weighted by atomic mass is 10.1. The van der Waals surface area contributed by atoms with E-state index in [-0.39, 0.29) is 11.5 Å². The van der Waals surface area contributed by atoms with Crippen molar-refractivity contribution in [1.82, 2.24) is 9.66 Å². The molecule has 0 aliphatic rings. The molecule has 1 aromatic heterocycles. The predicted octanol–water partition coefficient (Wildman–Crippen LogP) is 6.90. The summed E-state index contributed by atoms with van der Waals surface area (Å²) < 4.78 is 14.7. The molecule has 35 heavy (non-hydrogen) atoms. The molecule has 8 heteroatoms. The minimum Gasteiger partial charge on any atom is -0.493 e. The van der Waals surface area contributed by atoms with E-state index >= 15 is 0 Å². The molecule has 0 amide bonds. The highest BCUT2D eigenvalue weighted by molar-refractivity contribution is 9.10. The Morgan fingerprint density at radius 3 is 2.49 bits per heavy atom. The van der Waals surface area contributed by atoms with E-state index in [1.165, 1.54) is 4.68 Å². The molecule has 0 saturated heterocycles. The topological polar surface area (TPSA) is 65.7 Å². The van der Waals surface area contributed by atoms with E-state index in [0.717, 1.165) is 26.5 Å². The van der Waals surface area contributed by atoms with Gasteiger partial charge in [0.1, 0.15) is 12.4 Å². The first-order chi connectivity index (χ1) is 16.9. The lowest BCUT2D eigenvalue weighted by molar-refractivity contribution is 0.284. The summed E-state index contributed by atoms with van der Waals surface area (Å²) in [7, 11) is 1.60. The molecule has 0 aliphatic heterocycles. The van der Waals surface area contributed by atoms with E-state index in [9.17, 15) is 4.79 Å². The number of benzene rings is 3. The van der Waals surface area contributed by atoms with Crippen molar-refractivity contribution in [3.05, 3.63) is 96.9 Å². The summed E-state index contributed by atoms with van der Waals surface area (Å²) in [5.41, 5.74) is 2.28. The minimum absolute atomic E-state index is 0.0665. The van der Waals surface area contributed by atoms with Crippen molar-refractivity contribution in [1.29, 1.82) is 0 Å². The van der Waals surface area contributed by atoms with Crippen LogP contribution in [0.3, 0.4) is 0 Å². The molecule has 0 N–H and O–H groups in total. The number of nitrogens with zero attached hydrogens (tertiary/aromatic N) is 3. The van der Waals surface area contributed by atoms with Gasteiger partial charge in [-0.1, -0.05) is 57.8 Å². The smallest absolute Gasteiger partial charge is 0.282 e. The van der Waals surface area contributed by atoms with Gasteiger partial charge in [-0.3, -0.25) is 4.79 Å². The average Bonchev–Trinajstić information content (AvgIpc) is 2.87. The van der Waals surface area contributed by atoms with E-state index in [1.54, 1.807) is 19.4 Å². The first kappa shape index (κ1) is 25.1. The molecule has 180 valence electrons. The van der Waals surface area contributed by atoms with Crippen LogP contribution in [0, 0.1) is 0 Å². The fraction of sp³-hybridized carbons (Fsp3) is 0.222. The Balaban J connectivity index is 1.64. The Hall–Kier alpha value is -2.97. The molecule has 1 heterocycles. The Labute approximate surface area is 220 Å². The minimum atomic E-state index is -0.204. The molecule has 1 atom stereocenters. The van der Waals surface area contributed by atoms with Crippen LogP contribution >= 0.6 is 31.9 Å². The molecule has 0 spiro atoms. The van der Waals surface area contributed by atoms with Crippen LogP contribution in [0.25, 0.3) is 10.9 Å². The zero-order chi connectivity index (χ0) is 24.9. The van der Waals surface area contributed by atoms with Gasteiger partial charge >= 0.3 is 0 Å². The molecule has 0 fully saturated rings. The molecule has 0 radical (unpaired) electrons. The number of halogens is 2. The second-order valence-corrected chi connectivity index (χ2v) is 9.96. The zero-order valence-corrected chi connectivity index (χ0v) is 22.8. The molecular weight excluding hydrogens is 574 g/mol. The first-order valence-corrected chi connectivity index (χ1v) is 12.8. The van der Waals surface area contributed by atoms with Crippen LogP contribution in [-0.4, -0.2) is 23.0 Å². The van der Waals surface area contributed by atoms with Gasteiger partial charge in [0.25, 0.3) is 5.56 Å². The third-order valence-electron chi connectivity index (χ3n) is 5.70. The van der Waals surface area contributed by atoms with E-state index in [1.807, 2.05) is 61.5 Å². The molecule has 0 saturated carbocycles. The summed E-state index contributed by atoms with van der Waals surface area (Å²) in [5.74, 6) is 1.91. The first-order valence-electron chi connectivity index (χ1n) is 11.2. The highest BCUT2D eigenvalue weighted by atomic mass is 79.9. The normalized spacial score (nSPS) is 12.3. The fourth-order valence-corrected chi connectivity index (χ4v) is 4.15. The summed E-state index contributed by atoms with van der Waals surface area (Å²) in [6.45, 7) is 4.52. The molecule has 0 aliphatic carbocycles. The van der Waals surface area contributed by atoms with Crippen LogP contribution in [0.5, 0.6) is 11.5 Å². The second-order valence-electron chi connectivity index (χ2n) is 8.13. The number of hydrogen-bond acceptors (Lipinski definition) is 5. The number of fused-ring (bicyclic) bond motifs is 1. The van der Waals surface area contributed by atoms with Crippen LogP contribution in [0.4, 0.5) is 0 Å². The van der Waals surface area contributed by atoms with Crippen molar-refractivity contribution in [3.8, 4) is 11.5 Å². The number of rotatable bonds is 8. The van der Waals surface area contributed by atoms with Gasteiger partial charge in [0, 0.05) is 14.9 Å². The Morgan fingerprint density at radius 2 is 1.77 bits per heavy atom. The summed E-state index contributed by atoms with van der Waals surface area (Å²) >= 11 is 6.88. The van der Waals surface area contributed by atoms with E-state index in [0.29, 0.717) is 34.8 Å². The van der Waals surface area contributed by atoms with Crippen LogP contribution in [0.1, 0.15) is 43.1 Å². The molecular formula is C27H25Br2N3O3. The van der Waals surface area contributed by atoms with Gasteiger partial charge in [-0.2, -0.15) is 9.78 Å². The van der Waals surface area contributed by atoms with Gasteiger partial charge < -0.3 is 9.47 Å². The Bertz CT molecular complexity index is 1430. The molecule has 0 bridgehead atoms. The molecule has 4 rings (SSSR count). The maximum Gasteiger partial charge on any atom is 0.282 e. The number of ether oxygens (including phenoxy) is 2. The second kappa shape index (κ2) is 11.2. The Kier molecular flexibility index (Phi) is 8.03. The lowest BCUT2D eigenvalue weighted by Crippen LogP contribution is -2.23. The molecule has 3 aromatic carbocycles. The van der Waals surface area contributed by atoms with Crippen LogP contribution in [0.15, 0.2) is 79.5 Å². The highest BCUT2D eigenvalue weighted by Crippen LogP contribution is 2.29. The maximum absolute atomic E-state index is 13.3. The van der Waals surface area contributed by atoms with Gasteiger partial charge in [0.05, 0.1) is 24.2 Å². The van der Waals surface area contributed by atoms with Crippen molar-refractivity contribution in [2.45, 2.75) is 32.8 Å². The van der Waals surface area contributed by atoms with Crippen LogP contribution in [0.2, 0.25) is 0 Å². The summed E-state index contributed by atoms with van der Waals surface area (Å²) in [6.07, 6.45) is 2.47. The van der Waals surface area contributed by atoms with Crippen molar-refractivity contribution < 1.29 is 9.47 Å². The predicted molar refractivity (Wildman–Crippen MR) is 147 cm³/mol. The van der Waals surface area contributed by atoms with Gasteiger partial charge in [0.15, 0.2) is 11.5 Å². The summed E-state index contributed by atoms with van der Waals surface area (Å²) in [5, 5.41) is 5.04. The third kappa shape index (κ3) is 5.82. The summed E-state index contributed by atoms with van der Waals surface area (Å²) in [4.78, 5) is 18.0. The van der Waals surface area contributed by atoms with Crippen molar-refractivity contribution in [2.24, 2.45) is 5.10 Å². The Morgan fingerprint density at radius 1 is 1.03 bits per heavy atom. The van der Waals surface area contributed by atoms with Gasteiger partial charge in [-0.25, -0.2) is 4.98 Å². The SMILES string of the molecule is CC[C@@H](C)c1nc2ccc(Br)cc2c(=O)n1N=Cc1ccc(OCc2ccc(Br)cc2)c(OC)c1. The number of aromatic nitrogens is 2. The fourth-order valence-electron chi connectivity index (χ4n) is 3.53.